The maximum absolute atomic E-state index is 12.2. The third kappa shape index (κ3) is 4.33. The van der Waals surface area contributed by atoms with E-state index in [-0.39, 0.29) is 17.9 Å². The van der Waals surface area contributed by atoms with Crippen LogP contribution in [-0.4, -0.2) is 52.3 Å². The Kier molecular flexibility index (Phi) is 4.76. The van der Waals surface area contributed by atoms with E-state index in [2.05, 4.69) is 5.32 Å². The number of nitrogens with one attached hydrogen (secondary N) is 1. The number of β-amino-alcohol motifs (C(OH)–C–C–N with tert-alkyl or cyclic N) is 1. The SMILES string of the molecule is CC1(O)CCN(C(=O)NCC2(CC(=O)O)CCCCC2)C1. The number of carbonyl (C=O) groups is 2. The van der Waals surface area contributed by atoms with Gasteiger partial charge in [0.05, 0.1) is 18.6 Å². The summed E-state index contributed by atoms with van der Waals surface area (Å²) >= 11 is 0. The molecule has 120 valence electrons. The molecule has 0 aromatic rings. The van der Waals surface area contributed by atoms with Gasteiger partial charge in [0.25, 0.3) is 0 Å². The van der Waals surface area contributed by atoms with E-state index >= 15 is 0 Å². The van der Waals surface area contributed by atoms with Crippen LogP contribution in [0.4, 0.5) is 4.79 Å². The molecule has 1 aliphatic heterocycles. The highest BCUT2D eigenvalue weighted by molar-refractivity contribution is 5.75. The molecule has 21 heavy (non-hydrogen) atoms. The van der Waals surface area contributed by atoms with Crippen molar-refractivity contribution >= 4 is 12.0 Å². The summed E-state index contributed by atoms with van der Waals surface area (Å²) in [4.78, 5) is 24.9. The van der Waals surface area contributed by atoms with Gasteiger partial charge in [0, 0.05) is 13.1 Å². The number of carboxylic acids is 1. The van der Waals surface area contributed by atoms with Gasteiger partial charge < -0.3 is 20.4 Å². The lowest BCUT2D eigenvalue weighted by Gasteiger charge is -2.36. The lowest BCUT2D eigenvalue weighted by atomic mass is 9.72. The highest BCUT2D eigenvalue weighted by Gasteiger charge is 2.37. The fourth-order valence-corrected chi connectivity index (χ4v) is 3.53. The molecule has 0 bridgehead atoms. The molecule has 2 rings (SSSR count). The Morgan fingerprint density at radius 2 is 1.86 bits per heavy atom. The maximum Gasteiger partial charge on any atom is 0.317 e. The number of aliphatic hydroxyl groups is 1. The Bertz CT molecular complexity index is 402. The second-order valence-corrected chi connectivity index (χ2v) is 6.96. The van der Waals surface area contributed by atoms with Crippen molar-refractivity contribution in [2.45, 2.75) is 57.5 Å². The van der Waals surface area contributed by atoms with E-state index < -0.39 is 11.6 Å². The van der Waals surface area contributed by atoms with E-state index in [0.717, 1.165) is 32.1 Å². The molecule has 2 fully saturated rings. The first-order chi connectivity index (χ1) is 9.82. The van der Waals surface area contributed by atoms with Crippen molar-refractivity contribution in [2.75, 3.05) is 19.6 Å². The van der Waals surface area contributed by atoms with Gasteiger partial charge in [-0.25, -0.2) is 4.79 Å². The Balaban J connectivity index is 1.89. The van der Waals surface area contributed by atoms with Crippen molar-refractivity contribution in [1.82, 2.24) is 10.2 Å². The van der Waals surface area contributed by atoms with Crippen LogP contribution in [0.1, 0.15) is 51.9 Å². The summed E-state index contributed by atoms with van der Waals surface area (Å²) in [5.41, 5.74) is -1.11. The number of nitrogens with zero attached hydrogens (tertiary/aromatic N) is 1. The third-order valence-corrected chi connectivity index (χ3v) is 4.79. The summed E-state index contributed by atoms with van der Waals surface area (Å²) in [5.74, 6) is -0.796. The van der Waals surface area contributed by atoms with Crippen LogP contribution < -0.4 is 5.32 Å². The average molecular weight is 298 g/mol. The number of likely N-dealkylation sites (tertiary alicyclic amines) is 1. The first-order valence-electron chi connectivity index (χ1n) is 7.79. The molecule has 2 amide bonds. The molecule has 1 unspecified atom stereocenters. The molecule has 0 spiro atoms. The molecule has 1 heterocycles. The standard InChI is InChI=1S/C15H26N2O4/c1-14(21)7-8-17(11-14)13(20)16-10-15(9-12(18)19)5-3-2-4-6-15/h21H,2-11H2,1H3,(H,16,20)(H,18,19). The first kappa shape index (κ1) is 16.1. The summed E-state index contributed by atoms with van der Waals surface area (Å²) in [5, 5.41) is 21.9. The molecule has 1 aliphatic carbocycles. The highest BCUT2D eigenvalue weighted by atomic mass is 16.4. The predicted octanol–water partition coefficient (Wildman–Crippen LogP) is 1.58. The smallest absolute Gasteiger partial charge is 0.317 e. The van der Waals surface area contributed by atoms with E-state index in [1.807, 2.05) is 0 Å². The molecular formula is C15H26N2O4. The number of carboxylic acid groups (broad SMARTS) is 1. The molecule has 6 heteroatoms. The quantitative estimate of drug-likeness (QED) is 0.735. The number of amides is 2. The molecule has 0 radical (unpaired) electrons. The number of aliphatic carboxylic acids is 1. The highest BCUT2D eigenvalue weighted by Crippen LogP contribution is 2.38. The monoisotopic (exact) mass is 298 g/mol. The molecule has 3 N–H and O–H groups in total. The topological polar surface area (TPSA) is 89.9 Å². The minimum Gasteiger partial charge on any atom is -0.481 e. The fourth-order valence-electron chi connectivity index (χ4n) is 3.53. The average Bonchev–Trinajstić information content (AvgIpc) is 2.77. The zero-order chi connectivity index (χ0) is 15.5. The summed E-state index contributed by atoms with van der Waals surface area (Å²) < 4.78 is 0. The van der Waals surface area contributed by atoms with Gasteiger partial charge >= 0.3 is 12.0 Å². The van der Waals surface area contributed by atoms with Crippen molar-refractivity contribution in [1.29, 1.82) is 0 Å². The zero-order valence-corrected chi connectivity index (χ0v) is 12.7. The number of carbonyl (C=O) groups excluding carboxylic acids is 1. The predicted molar refractivity (Wildman–Crippen MR) is 78.0 cm³/mol. The van der Waals surface area contributed by atoms with Gasteiger partial charge in [-0.2, -0.15) is 0 Å². The minimum absolute atomic E-state index is 0.116. The first-order valence-corrected chi connectivity index (χ1v) is 7.79. The van der Waals surface area contributed by atoms with Crippen molar-refractivity contribution in [3.8, 4) is 0 Å². The maximum atomic E-state index is 12.2. The Hall–Kier alpha value is -1.30. The fraction of sp³-hybridized carbons (Fsp3) is 0.867. The largest absolute Gasteiger partial charge is 0.481 e. The van der Waals surface area contributed by atoms with Crippen LogP contribution in [0.15, 0.2) is 0 Å². The van der Waals surface area contributed by atoms with E-state index in [1.54, 1.807) is 11.8 Å². The van der Waals surface area contributed by atoms with Crippen molar-refractivity contribution in [3.05, 3.63) is 0 Å². The van der Waals surface area contributed by atoms with Gasteiger partial charge in [-0.3, -0.25) is 4.79 Å². The van der Waals surface area contributed by atoms with Crippen LogP contribution in [0.5, 0.6) is 0 Å². The van der Waals surface area contributed by atoms with Crippen LogP contribution in [0.3, 0.4) is 0 Å². The van der Waals surface area contributed by atoms with Crippen LogP contribution in [0.2, 0.25) is 0 Å². The van der Waals surface area contributed by atoms with Crippen molar-refractivity contribution in [2.24, 2.45) is 5.41 Å². The van der Waals surface area contributed by atoms with Crippen LogP contribution in [0, 0.1) is 5.41 Å². The second kappa shape index (κ2) is 6.22. The zero-order valence-electron chi connectivity index (χ0n) is 12.7. The normalized spacial score (nSPS) is 28.4. The molecule has 0 aromatic heterocycles. The number of urea groups is 1. The Labute approximate surface area is 125 Å². The minimum atomic E-state index is -0.805. The van der Waals surface area contributed by atoms with Gasteiger partial charge in [0.2, 0.25) is 0 Å². The van der Waals surface area contributed by atoms with Crippen LogP contribution in [-0.2, 0) is 4.79 Å². The van der Waals surface area contributed by atoms with E-state index in [4.69, 9.17) is 5.11 Å². The van der Waals surface area contributed by atoms with E-state index in [1.165, 1.54) is 0 Å². The van der Waals surface area contributed by atoms with Crippen molar-refractivity contribution in [3.63, 3.8) is 0 Å². The van der Waals surface area contributed by atoms with Crippen LogP contribution in [0.25, 0.3) is 0 Å². The van der Waals surface area contributed by atoms with Gasteiger partial charge in [0.15, 0.2) is 0 Å². The number of hydrogen-bond donors (Lipinski definition) is 3. The lowest BCUT2D eigenvalue weighted by molar-refractivity contribution is -0.140. The van der Waals surface area contributed by atoms with Gasteiger partial charge in [-0.05, 0) is 31.6 Å². The summed E-state index contributed by atoms with van der Waals surface area (Å²) in [6, 6.07) is -0.192. The van der Waals surface area contributed by atoms with Crippen molar-refractivity contribution < 1.29 is 19.8 Å². The summed E-state index contributed by atoms with van der Waals surface area (Å²) in [6.45, 7) is 3.03. The molecule has 0 aromatic carbocycles. The molecule has 1 atom stereocenters. The second-order valence-electron chi connectivity index (χ2n) is 6.96. The summed E-state index contributed by atoms with van der Waals surface area (Å²) in [7, 11) is 0. The molecule has 1 saturated heterocycles. The summed E-state index contributed by atoms with van der Waals surface area (Å²) in [6.07, 6.45) is 5.62. The molecule has 1 saturated carbocycles. The lowest BCUT2D eigenvalue weighted by Crippen LogP contribution is -2.46. The van der Waals surface area contributed by atoms with Crippen LogP contribution >= 0.6 is 0 Å². The Morgan fingerprint density at radius 1 is 1.19 bits per heavy atom. The number of hydrogen-bond acceptors (Lipinski definition) is 3. The van der Waals surface area contributed by atoms with Gasteiger partial charge in [-0.1, -0.05) is 19.3 Å². The number of rotatable bonds is 4. The molecule has 2 aliphatic rings. The molecular weight excluding hydrogens is 272 g/mol. The molecule has 6 nitrogen and oxygen atoms in total. The Morgan fingerprint density at radius 3 is 2.38 bits per heavy atom. The van der Waals surface area contributed by atoms with E-state index in [0.29, 0.717) is 26.1 Å². The van der Waals surface area contributed by atoms with E-state index in [9.17, 15) is 14.7 Å². The third-order valence-electron chi connectivity index (χ3n) is 4.79. The van der Waals surface area contributed by atoms with Gasteiger partial charge in [-0.15, -0.1) is 0 Å². The van der Waals surface area contributed by atoms with Gasteiger partial charge in [0.1, 0.15) is 0 Å².